The van der Waals surface area contributed by atoms with Crippen molar-refractivity contribution in [3.8, 4) is 6.07 Å². The molecule has 0 aromatic rings. The highest BCUT2D eigenvalue weighted by Crippen LogP contribution is 2.11. The van der Waals surface area contributed by atoms with E-state index in [1.54, 1.807) is 4.90 Å². The highest BCUT2D eigenvalue weighted by Gasteiger charge is 2.24. The van der Waals surface area contributed by atoms with Gasteiger partial charge in [0.2, 0.25) is 0 Å². The lowest BCUT2D eigenvalue weighted by atomic mass is 10.1. The SMILES string of the molecule is CCC(CC#N)N1CCCNC1=O. The number of nitriles is 1. The van der Waals surface area contributed by atoms with E-state index < -0.39 is 0 Å². The van der Waals surface area contributed by atoms with Crippen molar-refractivity contribution in [1.29, 1.82) is 5.26 Å². The number of rotatable bonds is 3. The molecule has 1 fully saturated rings. The van der Waals surface area contributed by atoms with E-state index in [0.29, 0.717) is 6.42 Å². The van der Waals surface area contributed by atoms with Crippen LogP contribution in [0.4, 0.5) is 4.79 Å². The Morgan fingerprint density at radius 2 is 2.54 bits per heavy atom. The molecule has 0 aromatic carbocycles. The second kappa shape index (κ2) is 4.70. The number of carbonyl (C=O) groups is 1. The Kier molecular flexibility index (Phi) is 3.56. The summed E-state index contributed by atoms with van der Waals surface area (Å²) < 4.78 is 0. The van der Waals surface area contributed by atoms with Crippen LogP contribution >= 0.6 is 0 Å². The van der Waals surface area contributed by atoms with Crippen LogP contribution in [0.1, 0.15) is 26.2 Å². The molecule has 1 aliphatic rings. The summed E-state index contributed by atoms with van der Waals surface area (Å²) in [6, 6.07) is 2.18. The van der Waals surface area contributed by atoms with Gasteiger partial charge in [0.05, 0.1) is 12.5 Å². The monoisotopic (exact) mass is 181 g/mol. The van der Waals surface area contributed by atoms with Crippen LogP contribution in [0.5, 0.6) is 0 Å². The lowest BCUT2D eigenvalue weighted by molar-refractivity contribution is 0.160. The smallest absolute Gasteiger partial charge is 0.317 e. The molecule has 0 aliphatic carbocycles. The largest absolute Gasteiger partial charge is 0.338 e. The fourth-order valence-electron chi connectivity index (χ4n) is 1.58. The molecule has 2 amide bonds. The fourth-order valence-corrected chi connectivity index (χ4v) is 1.58. The molecule has 1 atom stereocenters. The topological polar surface area (TPSA) is 56.1 Å². The summed E-state index contributed by atoms with van der Waals surface area (Å²) in [4.78, 5) is 13.1. The van der Waals surface area contributed by atoms with Crippen LogP contribution in [-0.2, 0) is 0 Å². The first kappa shape index (κ1) is 9.85. The molecule has 1 heterocycles. The third kappa shape index (κ3) is 2.35. The van der Waals surface area contributed by atoms with Crippen molar-refractivity contribution in [3.63, 3.8) is 0 Å². The Hall–Kier alpha value is -1.24. The summed E-state index contributed by atoms with van der Waals surface area (Å²) in [5, 5.41) is 11.4. The number of urea groups is 1. The number of amides is 2. The maximum atomic E-state index is 11.4. The average Bonchev–Trinajstić information content (AvgIpc) is 2.16. The summed E-state index contributed by atoms with van der Waals surface area (Å²) in [6.07, 6.45) is 2.26. The number of hydrogen-bond donors (Lipinski definition) is 1. The molecule has 1 aliphatic heterocycles. The number of carbonyl (C=O) groups excluding carboxylic acids is 1. The molecule has 0 aromatic heterocycles. The second-order valence-electron chi connectivity index (χ2n) is 3.20. The van der Waals surface area contributed by atoms with Gasteiger partial charge in [0.15, 0.2) is 0 Å². The van der Waals surface area contributed by atoms with Gasteiger partial charge in [-0.1, -0.05) is 6.92 Å². The molecule has 0 saturated carbocycles. The predicted octanol–water partition coefficient (Wildman–Crippen LogP) is 1.09. The van der Waals surface area contributed by atoms with Crippen molar-refractivity contribution in [3.05, 3.63) is 0 Å². The minimum absolute atomic E-state index is 0.0200. The zero-order chi connectivity index (χ0) is 9.68. The molecular formula is C9H15N3O. The Balaban J connectivity index is 2.55. The van der Waals surface area contributed by atoms with Gasteiger partial charge in [-0.15, -0.1) is 0 Å². The van der Waals surface area contributed by atoms with Gasteiger partial charge in [-0.2, -0.15) is 5.26 Å². The highest BCUT2D eigenvalue weighted by molar-refractivity contribution is 5.75. The van der Waals surface area contributed by atoms with Gasteiger partial charge in [-0.05, 0) is 12.8 Å². The summed E-state index contributed by atoms with van der Waals surface area (Å²) in [5.41, 5.74) is 0. The third-order valence-electron chi connectivity index (χ3n) is 2.35. The van der Waals surface area contributed by atoms with Crippen molar-refractivity contribution in [2.24, 2.45) is 0 Å². The summed E-state index contributed by atoms with van der Waals surface area (Å²) >= 11 is 0. The van der Waals surface area contributed by atoms with Crippen molar-refractivity contribution < 1.29 is 4.79 Å². The van der Waals surface area contributed by atoms with Gasteiger partial charge in [0.25, 0.3) is 0 Å². The molecule has 1 unspecified atom stereocenters. The maximum absolute atomic E-state index is 11.4. The second-order valence-corrected chi connectivity index (χ2v) is 3.20. The van der Waals surface area contributed by atoms with Crippen LogP contribution in [0.3, 0.4) is 0 Å². The molecule has 13 heavy (non-hydrogen) atoms. The maximum Gasteiger partial charge on any atom is 0.317 e. The van der Waals surface area contributed by atoms with Crippen LogP contribution < -0.4 is 5.32 Å². The first-order valence-electron chi connectivity index (χ1n) is 4.71. The van der Waals surface area contributed by atoms with Crippen molar-refractivity contribution in [2.75, 3.05) is 13.1 Å². The van der Waals surface area contributed by atoms with Gasteiger partial charge in [0, 0.05) is 19.1 Å². The lowest BCUT2D eigenvalue weighted by Crippen LogP contribution is -2.50. The zero-order valence-electron chi connectivity index (χ0n) is 7.92. The van der Waals surface area contributed by atoms with Crippen LogP contribution in [-0.4, -0.2) is 30.1 Å². The predicted molar refractivity (Wildman–Crippen MR) is 49.0 cm³/mol. The van der Waals surface area contributed by atoms with Gasteiger partial charge in [-0.25, -0.2) is 4.79 Å². The molecule has 4 nitrogen and oxygen atoms in total. The first-order valence-corrected chi connectivity index (χ1v) is 4.71. The standard InChI is InChI=1S/C9H15N3O/c1-2-8(4-5-10)12-7-3-6-11-9(12)13/h8H,2-4,6-7H2,1H3,(H,11,13). The van der Waals surface area contributed by atoms with Gasteiger partial charge >= 0.3 is 6.03 Å². The van der Waals surface area contributed by atoms with E-state index in [-0.39, 0.29) is 12.1 Å². The molecule has 1 rings (SSSR count). The van der Waals surface area contributed by atoms with Crippen LogP contribution in [0, 0.1) is 11.3 Å². The van der Waals surface area contributed by atoms with Crippen LogP contribution in [0.15, 0.2) is 0 Å². The molecule has 1 N–H and O–H groups in total. The van der Waals surface area contributed by atoms with Crippen molar-refractivity contribution in [2.45, 2.75) is 32.2 Å². The molecule has 72 valence electrons. The van der Waals surface area contributed by atoms with E-state index in [9.17, 15) is 4.79 Å². The third-order valence-corrected chi connectivity index (χ3v) is 2.35. The van der Waals surface area contributed by atoms with Crippen LogP contribution in [0.2, 0.25) is 0 Å². The quantitative estimate of drug-likeness (QED) is 0.708. The van der Waals surface area contributed by atoms with E-state index in [1.165, 1.54) is 0 Å². The lowest BCUT2D eigenvalue weighted by Gasteiger charge is -2.33. The summed E-state index contributed by atoms with van der Waals surface area (Å²) in [6.45, 7) is 3.55. The molecule has 0 bridgehead atoms. The van der Waals surface area contributed by atoms with Crippen molar-refractivity contribution >= 4 is 6.03 Å². The summed E-state index contributed by atoms with van der Waals surface area (Å²) in [7, 11) is 0. The Morgan fingerprint density at radius 1 is 1.77 bits per heavy atom. The Morgan fingerprint density at radius 3 is 3.08 bits per heavy atom. The molecule has 0 spiro atoms. The molecule has 0 radical (unpaired) electrons. The van der Waals surface area contributed by atoms with Crippen molar-refractivity contribution in [1.82, 2.24) is 10.2 Å². The van der Waals surface area contributed by atoms with E-state index in [1.807, 2.05) is 6.92 Å². The van der Waals surface area contributed by atoms with Crippen LogP contribution in [0.25, 0.3) is 0 Å². The molecule has 1 saturated heterocycles. The minimum atomic E-state index is -0.0200. The number of nitrogens with zero attached hydrogens (tertiary/aromatic N) is 2. The highest BCUT2D eigenvalue weighted by atomic mass is 16.2. The Labute approximate surface area is 78.5 Å². The van der Waals surface area contributed by atoms with E-state index in [2.05, 4.69) is 11.4 Å². The first-order chi connectivity index (χ1) is 6.29. The van der Waals surface area contributed by atoms with Gasteiger partial charge in [-0.3, -0.25) is 0 Å². The number of nitrogens with one attached hydrogen (secondary N) is 1. The Bertz CT molecular complexity index is 221. The van der Waals surface area contributed by atoms with Gasteiger partial charge < -0.3 is 10.2 Å². The molecular weight excluding hydrogens is 166 g/mol. The normalized spacial score (nSPS) is 19.1. The molecule has 4 heteroatoms. The van der Waals surface area contributed by atoms with E-state index in [4.69, 9.17) is 5.26 Å². The van der Waals surface area contributed by atoms with E-state index in [0.717, 1.165) is 25.9 Å². The summed E-state index contributed by atoms with van der Waals surface area (Å²) in [5.74, 6) is 0. The zero-order valence-corrected chi connectivity index (χ0v) is 7.92. The fraction of sp³-hybridized carbons (Fsp3) is 0.778. The van der Waals surface area contributed by atoms with E-state index >= 15 is 0 Å². The number of hydrogen-bond acceptors (Lipinski definition) is 2. The average molecular weight is 181 g/mol. The van der Waals surface area contributed by atoms with Gasteiger partial charge in [0.1, 0.15) is 0 Å². The minimum Gasteiger partial charge on any atom is -0.338 e.